The van der Waals surface area contributed by atoms with Gasteiger partial charge < -0.3 is 5.32 Å². The first-order valence-electron chi connectivity index (χ1n) is 6.43. The van der Waals surface area contributed by atoms with Crippen molar-refractivity contribution in [3.63, 3.8) is 0 Å². The van der Waals surface area contributed by atoms with Gasteiger partial charge in [0.1, 0.15) is 0 Å². The fourth-order valence-electron chi connectivity index (χ4n) is 3.66. The molecule has 0 amide bonds. The maximum Gasteiger partial charge on any atom is 0.00130 e. The van der Waals surface area contributed by atoms with Crippen LogP contribution in [0.2, 0.25) is 0 Å². The van der Waals surface area contributed by atoms with Crippen molar-refractivity contribution in [3.05, 3.63) is 0 Å². The molecule has 0 aliphatic heterocycles. The van der Waals surface area contributed by atoms with Gasteiger partial charge in [-0.15, -0.1) is 0 Å². The van der Waals surface area contributed by atoms with Gasteiger partial charge in [-0.1, -0.05) is 13.8 Å². The second-order valence-electron chi connectivity index (χ2n) is 6.34. The van der Waals surface area contributed by atoms with Gasteiger partial charge in [0.15, 0.2) is 0 Å². The van der Waals surface area contributed by atoms with Gasteiger partial charge in [0.2, 0.25) is 0 Å². The minimum atomic E-state index is 0.669. The van der Waals surface area contributed by atoms with Crippen LogP contribution >= 0.6 is 0 Å². The van der Waals surface area contributed by atoms with Crippen molar-refractivity contribution in [2.75, 3.05) is 6.54 Å². The van der Waals surface area contributed by atoms with Crippen LogP contribution in [0.1, 0.15) is 46.0 Å². The summed E-state index contributed by atoms with van der Waals surface area (Å²) in [5, 5.41) is 3.69. The van der Waals surface area contributed by atoms with Crippen molar-refractivity contribution in [2.45, 2.75) is 52.0 Å². The fraction of sp³-hybridized carbons (Fsp3) is 1.00. The van der Waals surface area contributed by atoms with Gasteiger partial charge in [-0.3, -0.25) is 0 Å². The third-order valence-electron chi connectivity index (χ3n) is 4.71. The Morgan fingerprint density at radius 1 is 1.21 bits per heavy atom. The van der Waals surface area contributed by atoms with Crippen molar-refractivity contribution in [1.82, 2.24) is 5.32 Å². The molecular formula is C13H23N. The predicted molar refractivity (Wildman–Crippen MR) is 59.1 cm³/mol. The van der Waals surface area contributed by atoms with E-state index in [1.807, 2.05) is 0 Å². The van der Waals surface area contributed by atoms with E-state index in [4.69, 9.17) is 0 Å². The lowest BCUT2D eigenvalue weighted by Crippen LogP contribution is -2.38. The zero-order valence-electron chi connectivity index (χ0n) is 9.55. The third-order valence-corrected chi connectivity index (χ3v) is 4.71. The Morgan fingerprint density at radius 2 is 1.86 bits per heavy atom. The zero-order chi connectivity index (χ0) is 9.76. The molecule has 3 aliphatic carbocycles. The molecule has 0 bridgehead atoms. The summed E-state index contributed by atoms with van der Waals surface area (Å²) in [5.41, 5.74) is 0.748. The molecule has 0 aromatic carbocycles. The van der Waals surface area contributed by atoms with Crippen LogP contribution in [-0.4, -0.2) is 12.6 Å². The van der Waals surface area contributed by atoms with E-state index in [1.165, 1.54) is 19.4 Å². The molecule has 3 fully saturated rings. The smallest absolute Gasteiger partial charge is 0.00130 e. The number of fused-ring (bicyclic) bond motifs is 1. The quantitative estimate of drug-likeness (QED) is 0.724. The minimum Gasteiger partial charge on any atom is -0.314 e. The SMILES string of the molecule is CC(C)NCC1(C2CC2)CC2CC2C1. The molecule has 0 radical (unpaired) electrons. The van der Waals surface area contributed by atoms with E-state index in [-0.39, 0.29) is 0 Å². The van der Waals surface area contributed by atoms with Crippen LogP contribution in [0.15, 0.2) is 0 Å². The van der Waals surface area contributed by atoms with Crippen LogP contribution < -0.4 is 5.32 Å². The maximum absolute atomic E-state index is 3.69. The zero-order valence-corrected chi connectivity index (χ0v) is 9.55. The topological polar surface area (TPSA) is 12.0 Å². The highest BCUT2D eigenvalue weighted by Crippen LogP contribution is 2.66. The van der Waals surface area contributed by atoms with Gasteiger partial charge in [-0.05, 0) is 55.3 Å². The van der Waals surface area contributed by atoms with Gasteiger partial charge in [0.05, 0.1) is 0 Å². The molecule has 14 heavy (non-hydrogen) atoms. The molecule has 2 unspecified atom stereocenters. The van der Waals surface area contributed by atoms with Gasteiger partial charge in [-0.2, -0.15) is 0 Å². The molecule has 80 valence electrons. The Kier molecular flexibility index (Phi) is 1.96. The lowest BCUT2D eigenvalue weighted by molar-refractivity contribution is 0.204. The monoisotopic (exact) mass is 193 g/mol. The molecule has 3 saturated carbocycles. The lowest BCUT2D eigenvalue weighted by atomic mass is 9.78. The van der Waals surface area contributed by atoms with Gasteiger partial charge in [0, 0.05) is 12.6 Å². The minimum absolute atomic E-state index is 0.669. The highest BCUT2D eigenvalue weighted by Gasteiger charge is 2.58. The molecule has 1 N–H and O–H groups in total. The molecule has 0 spiro atoms. The summed E-state index contributed by atoms with van der Waals surface area (Å²) in [6, 6.07) is 0.669. The molecule has 1 nitrogen and oxygen atoms in total. The average Bonchev–Trinajstić information content (AvgIpc) is 3.03. The first-order valence-corrected chi connectivity index (χ1v) is 6.43. The summed E-state index contributed by atoms with van der Waals surface area (Å²) in [6.45, 7) is 5.86. The van der Waals surface area contributed by atoms with Crippen molar-refractivity contribution in [1.29, 1.82) is 0 Å². The average molecular weight is 193 g/mol. The lowest BCUT2D eigenvalue weighted by Gasteiger charge is -2.32. The number of hydrogen-bond donors (Lipinski definition) is 1. The number of hydrogen-bond acceptors (Lipinski definition) is 1. The van der Waals surface area contributed by atoms with Crippen LogP contribution in [0.25, 0.3) is 0 Å². The number of rotatable bonds is 4. The highest BCUT2D eigenvalue weighted by atomic mass is 14.9. The molecule has 0 aromatic rings. The van der Waals surface area contributed by atoms with Crippen LogP contribution in [-0.2, 0) is 0 Å². The molecule has 2 atom stereocenters. The normalized spacial score (nSPS) is 45.6. The van der Waals surface area contributed by atoms with Crippen molar-refractivity contribution in [3.8, 4) is 0 Å². The summed E-state index contributed by atoms with van der Waals surface area (Å²) >= 11 is 0. The van der Waals surface area contributed by atoms with E-state index in [0.29, 0.717) is 6.04 Å². The maximum atomic E-state index is 3.69. The molecular weight excluding hydrogens is 170 g/mol. The molecule has 0 saturated heterocycles. The molecule has 3 rings (SSSR count). The van der Waals surface area contributed by atoms with Crippen LogP contribution in [0, 0.1) is 23.2 Å². The standard InChI is InChI=1S/C13H23N/c1-9(2)14-8-13(12-3-4-12)6-10-5-11(10)7-13/h9-12,14H,3-8H2,1-2H3. The van der Waals surface area contributed by atoms with E-state index in [1.54, 1.807) is 19.3 Å². The second-order valence-corrected chi connectivity index (χ2v) is 6.34. The van der Waals surface area contributed by atoms with E-state index in [2.05, 4.69) is 19.2 Å². The fourth-order valence-corrected chi connectivity index (χ4v) is 3.66. The Morgan fingerprint density at radius 3 is 2.36 bits per heavy atom. The van der Waals surface area contributed by atoms with Crippen LogP contribution in [0.5, 0.6) is 0 Å². The van der Waals surface area contributed by atoms with Crippen LogP contribution in [0.3, 0.4) is 0 Å². The number of nitrogens with one attached hydrogen (secondary N) is 1. The van der Waals surface area contributed by atoms with E-state index >= 15 is 0 Å². The Bertz CT molecular complexity index is 219. The Balaban J connectivity index is 1.64. The molecule has 1 heteroatoms. The largest absolute Gasteiger partial charge is 0.314 e. The second kappa shape index (κ2) is 2.98. The summed E-state index contributed by atoms with van der Waals surface area (Å²) in [7, 11) is 0. The van der Waals surface area contributed by atoms with Gasteiger partial charge in [0.25, 0.3) is 0 Å². The first kappa shape index (κ1) is 9.21. The Labute approximate surface area is 87.7 Å². The van der Waals surface area contributed by atoms with Crippen molar-refractivity contribution in [2.24, 2.45) is 23.2 Å². The summed E-state index contributed by atoms with van der Waals surface area (Å²) in [5.74, 6) is 3.38. The highest BCUT2D eigenvalue weighted by molar-refractivity contribution is 5.09. The first-order chi connectivity index (χ1) is 6.70. The summed E-state index contributed by atoms with van der Waals surface area (Å²) in [4.78, 5) is 0. The molecule has 0 heterocycles. The molecule has 3 aliphatic rings. The van der Waals surface area contributed by atoms with E-state index in [9.17, 15) is 0 Å². The summed E-state index contributed by atoms with van der Waals surface area (Å²) in [6.07, 6.45) is 7.73. The molecule has 0 aromatic heterocycles. The predicted octanol–water partition coefficient (Wildman–Crippen LogP) is 2.81. The van der Waals surface area contributed by atoms with Crippen LogP contribution in [0.4, 0.5) is 0 Å². The Hall–Kier alpha value is -0.0400. The van der Waals surface area contributed by atoms with Gasteiger partial charge in [-0.25, -0.2) is 0 Å². The van der Waals surface area contributed by atoms with E-state index in [0.717, 1.165) is 23.2 Å². The van der Waals surface area contributed by atoms with Crippen molar-refractivity contribution < 1.29 is 0 Å². The van der Waals surface area contributed by atoms with E-state index < -0.39 is 0 Å². The summed E-state index contributed by atoms with van der Waals surface area (Å²) < 4.78 is 0. The van der Waals surface area contributed by atoms with Gasteiger partial charge >= 0.3 is 0 Å². The third kappa shape index (κ3) is 1.50. The van der Waals surface area contributed by atoms with Crippen molar-refractivity contribution >= 4 is 0 Å².